The first-order valence-corrected chi connectivity index (χ1v) is 8.63. The lowest BCUT2D eigenvalue weighted by molar-refractivity contribution is 0.0758. The van der Waals surface area contributed by atoms with E-state index in [4.69, 9.17) is 10.5 Å². The Morgan fingerprint density at radius 3 is 2.72 bits per heavy atom. The van der Waals surface area contributed by atoms with Crippen molar-refractivity contribution in [2.45, 2.75) is 12.8 Å². The van der Waals surface area contributed by atoms with Crippen molar-refractivity contribution >= 4 is 17.7 Å². The summed E-state index contributed by atoms with van der Waals surface area (Å²) in [5.74, 6) is 1.22. The highest BCUT2D eigenvalue weighted by molar-refractivity contribution is 5.92. The Hall–Kier alpha value is -2.61. The second kappa shape index (κ2) is 6.72. The van der Waals surface area contributed by atoms with Gasteiger partial charge < -0.3 is 25.3 Å². The molecule has 2 aliphatic heterocycles. The number of aromatic amines is 1. The molecule has 8 heteroatoms. The predicted molar refractivity (Wildman–Crippen MR) is 93.6 cm³/mol. The number of ether oxygens (including phenoxy) is 1. The van der Waals surface area contributed by atoms with Crippen LogP contribution in [0.3, 0.4) is 0 Å². The molecule has 4 rings (SSSR count). The molecule has 2 aliphatic rings. The van der Waals surface area contributed by atoms with Gasteiger partial charge in [0.2, 0.25) is 5.95 Å². The highest BCUT2D eigenvalue weighted by Gasteiger charge is 2.26. The summed E-state index contributed by atoms with van der Waals surface area (Å²) < 4.78 is 5.44. The zero-order chi connectivity index (χ0) is 17.2. The molecule has 8 nitrogen and oxygen atoms in total. The van der Waals surface area contributed by atoms with E-state index in [0.717, 1.165) is 36.6 Å². The monoisotopic (exact) mass is 342 g/mol. The number of anilines is 2. The number of morpholine rings is 1. The lowest BCUT2D eigenvalue weighted by atomic mass is 10.1. The summed E-state index contributed by atoms with van der Waals surface area (Å²) in [7, 11) is 0. The quantitative estimate of drug-likeness (QED) is 0.823. The Balaban J connectivity index is 1.59. The normalized spacial score (nSPS) is 17.9. The van der Waals surface area contributed by atoms with Gasteiger partial charge in [0.15, 0.2) is 0 Å². The number of carbonyl (C=O) groups is 1. The Kier molecular flexibility index (Phi) is 4.27. The number of rotatable bonds is 2. The first kappa shape index (κ1) is 15.9. The summed E-state index contributed by atoms with van der Waals surface area (Å²) in [4.78, 5) is 28.6. The number of nitrogens with one attached hydrogen (secondary N) is 1. The number of H-pyrrole nitrogens is 1. The van der Waals surface area contributed by atoms with E-state index in [1.165, 1.54) is 0 Å². The number of carbonyl (C=O) groups excluding carboxylic acids is 1. The zero-order valence-electron chi connectivity index (χ0n) is 14.1. The van der Waals surface area contributed by atoms with Crippen LogP contribution in [0.2, 0.25) is 0 Å². The second-order valence-electron chi connectivity index (χ2n) is 6.31. The average Bonchev–Trinajstić information content (AvgIpc) is 3.09. The van der Waals surface area contributed by atoms with Crippen LogP contribution in [0.5, 0.6) is 0 Å². The van der Waals surface area contributed by atoms with Gasteiger partial charge in [-0.25, -0.2) is 4.98 Å². The van der Waals surface area contributed by atoms with E-state index in [9.17, 15) is 4.79 Å². The molecule has 0 spiro atoms. The minimum absolute atomic E-state index is 0.0201. The van der Waals surface area contributed by atoms with Crippen LogP contribution in [0.15, 0.2) is 18.3 Å². The molecule has 4 heterocycles. The Bertz CT molecular complexity index is 755. The third-order valence-corrected chi connectivity index (χ3v) is 4.76. The van der Waals surface area contributed by atoms with Crippen LogP contribution >= 0.6 is 0 Å². The van der Waals surface area contributed by atoms with Gasteiger partial charge in [-0.15, -0.1) is 0 Å². The van der Waals surface area contributed by atoms with Gasteiger partial charge in [0.25, 0.3) is 5.91 Å². The van der Waals surface area contributed by atoms with Crippen molar-refractivity contribution in [3.8, 4) is 0 Å². The van der Waals surface area contributed by atoms with Gasteiger partial charge in [0, 0.05) is 44.4 Å². The maximum atomic E-state index is 12.6. The SMILES string of the molecule is Nc1nc2c(c(N3CCOCC3)n1)CCN(C(=O)c1ccc[nH]1)CC2. The van der Waals surface area contributed by atoms with Crippen molar-refractivity contribution in [2.24, 2.45) is 0 Å². The standard InChI is InChI=1S/C17H22N6O2/c18-17-20-13-4-7-23(16(24)14-2-1-5-19-14)6-3-12(13)15(21-17)22-8-10-25-11-9-22/h1-2,5,19H,3-4,6-11H2,(H2,18,20,21). The molecule has 0 radical (unpaired) electrons. The Labute approximate surface area is 146 Å². The van der Waals surface area contributed by atoms with Gasteiger partial charge in [-0.3, -0.25) is 4.79 Å². The van der Waals surface area contributed by atoms with Crippen molar-refractivity contribution in [2.75, 3.05) is 50.0 Å². The molecule has 3 N–H and O–H groups in total. The summed E-state index contributed by atoms with van der Waals surface area (Å²) in [6.45, 7) is 4.26. The lowest BCUT2D eigenvalue weighted by Gasteiger charge is -2.30. The van der Waals surface area contributed by atoms with Crippen LogP contribution in [0.4, 0.5) is 11.8 Å². The van der Waals surface area contributed by atoms with Crippen LogP contribution in [0.25, 0.3) is 0 Å². The molecule has 2 aromatic heterocycles. The lowest BCUT2D eigenvalue weighted by Crippen LogP contribution is -2.38. The molecule has 0 bridgehead atoms. The summed E-state index contributed by atoms with van der Waals surface area (Å²) in [5.41, 5.74) is 8.63. The molecule has 0 unspecified atom stereocenters. The van der Waals surface area contributed by atoms with Gasteiger partial charge >= 0.3 is 0 Å². The van der Waals surface area contributed by atoms with Crippen molar-refractivity contribution < 1.29 is 9.53 Å². The maximum Gasteiger partial charge on any atom is 0.270 e. The molecule has 1 fully saturated rings. The topological polar surface area (TPSA) is 100 Å². The molecular weight excluding hydrogens is 320 g/mol. The van der Waals surface area contributed by atoms with Crippen LogP contribution in [-0.4, -0.2) is 65.2 Å². The summed E-state index contributed by atoms with van der Waals surface area (Å²) in [6, 6.07) is 3.64. The van der Waals surface area contributed by atoms with Crippen molar-refractivity contribution in [1.29, 1.82) is 0 Å². The fraction of sp³-hybridized carbons (Fsp3) is 0.471. The van der Waals surface area contributed by atoms with E-state index in [1.807, 2.05) is 11.0 Å². The predicted octanol–water partition coefficient (Wildman–Crippen LogP) is 0.464. The van der Waals surface area contributed by atoms with Gasteiger partial charge in [-0.1, -0.05) is 0 Å². The van der Waals surface area contributed by atoms with Crippen LogP contribution < -0.4 is 10.6 Å². The van der Waals surface area contributed by atoms with Crippen LogP contribution in [-0.2, 0) is 17.6 Å². The van der Waals surface area contributed by atoms with E-state index in [2.05, 4.69) is 19.9 Å². The van der Waals surface area contributed by atoms with E-state index in [-0.39, 0.29) is 5.91 Å². The summed E-state index contributed by atoms with van der Waals surface area (Å²) >= 11 is 0. The van der Waals surface area contributed by atoms with Gasteiger partial charge in [0.1, 0.15) is 11.5 Å². The fourth-order valence-corrected chi connectivity index (χ4v) is 3.47. The molecular formula is C17H22N6O2. The molecule has 1 saturated heterocycles. The number of amides is 1. The van der Waals surface area contributed by atoms with E-state index >= 15 is 0 Å². The largest absolute Gasteiger partial charge is 0.378 e. The van der Waals surface area contributed by atoms with Gasteiger partial charge in [0.05, 0.1) is 18.9 Å². The molecule has 0 saturated carbocycles. The molecule has 132 valence electrons. The fourth-order valence-electron chi connectivity index (χ4n) is 3.47. The Morgan fingerprint density at radius 1 is 1.16 bits per heavy atom. The third kappa shape index (κ3) is 3.17. The molecule has 0 aromatic carbocycles. The van der Waals surface area contributed by atoms with Crippen LogP contribution in [0, 0.1) is 0 Å². The Morgan fingerprint density at radius 2 is 1.96 bits per heavy atom. The summed E-state index contributed by atoms with van der Waals surface area (Å²) in [6.07, 6.45) is 3.18. The van der Waals surface area contributed by atoms with E-state index in [0.29, 0.717) is 44.4 Å². The molecule has 1 amide bonds. The number of nitrogens with two attached hydrogens (primary N) is 1. The van der Waals surface area contributed by atoms with Crippen molar-refractivity contribution in [1.82, 2.24) is 19.9 Å². The molecule has 25 heavy (non-hydrogen) atoms. The average molecular weight is 342 g/mol. The third-order valence-electron chi connectivity index (χ3n) is 4.76. The first-order valence-electron chi connectivity index (χ1n) is 8.63. The maximum absolute atomic E-state index is 12.6. The smallest absolute Gasteiger partial charge is 0.270 e. The molecule has 0 atom stereocenters. The second-order valence-corrected chi connectivity index (χ2v) is 6.31. The van der Waals surface area contributed by atoms with Crippen LogP contribution in [0.1, 0.15) is 21.7 Å². The number of nitrogen functional groups attached to an aromatic ring is 1. The minimum atomic E-state index is 0.0201. The van der Waals surface area contributed by atoms with Crippen molar-refractivity contribution in [3.63, 3.8) is 0 Å². The highest BCUT2D eigenvalue weighted by atomic mass is 16.5. The zero-order valence-corrected chi connectivity index (χ0v) is 14.1. The number of nitrogens with zero attached hydrogens (tertiary/aromatic N) is 4. The number of fused-ring (bicyclic) bond motifs is 1. The number of hydrogen-bond donors (Lipinski definition) is 2. The number of aromatic nitrogens is 3. The molecule has 2 aromatic rings. The van der Waals surface area contributed by atoms with E-state index < -0.39 is 0 Å². The van der Waals surface area contributed by atoms with Crippen molar-refractivity contribution in [3.05, 3.63) is 35.3 Å². The number of hydrogen-bond acceptors (Lipinski definition) is 6. The minimum Gasteiger partial charge on any atom is -0.378 e. The highest BCUT2D eigenvalue weighted by Crippen LogP contribution is 2.26. The van der Waals surface area contributed by atoms with Gasteiger partial charge in [-0.2, -0.15) is 4.98 Å². The van der Waals surface area contributed by atoms with Gasteiger partial charge in [-0.05, 0) is 18.6 Å². The summed E-state index contributed by atoms with van der Waals surface area (Å²) in [5, 5.41) is 0. The molecule has 0 aliphatic carbocycles. The first-order chi connectivity index (χ1) is 12.2. The van der Waals surface area contributed by atoms with E-state index in [1.54, 1.807) is 12.3 Å².